The van der Waals surface area contributed by atoms with E-state index in [4.69, 9.17) is 9.84 Å². The number of nitrogens with zero attached hydrogens (tertiary/aromatic N) is 4. The third-order valence-electron chi connectivity index (χ3n) is 3.42. The molecule has 11 nitrogen and oxygen atoms in total. The van der Waals surface area contributed by atoms with E-state index in [2.05, 4.69) is 15.4 Å². The Balaban J connectivity index is 1.76. The van der Waals surface area contributed by atoms with Gasteiger partial charge in [0.2, 0.25) is 5.91 Å². The predicted octanol–water partition coefficient (Wildman–Crippen LogP) is 2.32. The number of carbonyl (C=O) groups excluding carboxylic acids is 1. The van der Waals surface area contributed by atoms with E-state index in [9.17, 15) is 19.7 Å². The van der Waals surface area contributed by atoms with Crippen molar-refractivity contribution < 1.29 is 24.4 Å². The second kappa shape index (κ2) is 7.95. The van der Waals surface area contributed by atoms with Crippen LogP contribution in [0.5, 0.6) is 11.5 Å². The highest BCUT2D eigenvalue weighted by molar-refractivity contribution is 5.91. The molecule has 2 N–H and O–H groups in total. The van der Waals surface area contributed by atoms with Gasteiger partial charge in [-0.15, -0.1) is 0 Å². The highest BCUT2D eigenvalue weighted by Crippen LogP contribution is 2.29. The molecule has 1 aromatic carbocycles. The molecule has 0 atom stereocenters. The molecule has 0 fully saturated rings. The van der Waals surface area contributed by atoms with E-state index in [1.54, 1.807) is 18.3 Å². The number of carbonyl (C=O) groups is 2. The number of aromatic nitrogens is 3. The fourth-order valence-electron chi connectivity index (χ4n) is 2.27. The zero-order valence-corrected chi connectivity index (χ0v) is 14.2. The van der Waals surface area contributed by atoms with Crippen LogP contribution in [0.4, 0.5) is 11.4 Å². The van der Waals surface area contributed by atoms with Crippen LogP contribution in [0.15, 0.2) is 55.0 Å². The molecule has 0 saturated heterocycles. The Morgan fingerprint density at radius 2 is 2.07 bits per heavy atom. The summed E-state index contributed by atoms with van der Waals surface area (Å²) in [6.07, 6.45) is 4.33. The molecule has 0 spiro atoms. The number of nitro groups is 1. The van der Waals surface area contributed by atoms with Crippen molar-refractivity contribution in [3.63, 3.8) is 0 Å². The average molecular weight is 383 g/mol. The third-order valence-corrected chi connectivity index (χ3v) is 3.42. The van der Waals surface area contributed by atoms with Crippen LogP contribution in [0.25, 0.3) is 0 Å². The minimum Gasteiger partial charge on any atom is -0.476 e. The van der Waals surface area contributed by atoms with Gasteiger partial charge in [0, 0.05) is 24.5 Å². The maximum absolute atomic E-state index is 12.2. The molecule has 2 aromatic heterocycles. The summed E-state index contributed by atoms with van der Waals surface area (Å²) in [4.78, 5) is 37.4. The van der Waals surface area contributed by atoms with Gasteiger partial charge in [0.15, 0.2) is 5.69 Å². The quantitative estimate of drug-likeness (QED) is 0.466. The van der Waals surface area contributed by atoms with E-state index in [1.165, 1.54) is 36.7 Å². The lowest BCUT2D eigenvalue weighted by molar-refractivity contribution is -0.384. The Labute approximate surface area is 157 Å². The minimum absolute atomic E-state index is 0.142. The number of rotatable bonds is 7. The van der Waals surface area contributed by atoms with Crippen LogP contribution >= 0.6 is 0 Å². The highest BCUT2D eigenvalue weighted by atomic mass is 16.6. The molecule has 0 aliphatic rings. The monoisotopic (exact) mass is 383 g/mol. The van der Waals surface area contributed by atoms with Crippen molar-refractivity contribution >= 4 is 23.3 Å². The first-order valence-corrected chi connectivity index (χ1v) is 7.84. The summed E-state index contributed by atoms with van der Waals surface area (Å²) in [5.74, 6) is -1.24. The summed E-state index contributed by atoms with van der Waals surface area (Å²) < 4.78 is 6.68. The number of ether oxygens (including phenoxy) is 1. The van der Waals surface area contributed by atoms with Gasteiger partial charge in [-0.2, -0.15) is 5.10 Å². The number of carboxylic acid groups (broad SMARTS) is 1. The summed E-state index contributed by atoms with van der Waals surface area (Å²) in [5.41, 5.74) is -0.331. The van der Waals surface area contributed by atoms with Crippen molar-refractivity contribution in [2.75, 3.05) is 5.32 Å². The number of amides is 1. The predicted molar refractivity (Wildman–Crippen MR) is 95.2 cm³/mol. The van der Waals surface area contributed by atoms with E-state index in [0.29, 0.717) is 5.75 Å². The van der Waals surface area contributed by atoms with E-state index < -0.39 is 16.8 Å². The molecule has 0 bridgehead atoms. The van der Waals surface area contributed by atoms with Gasteiger partial charge >= 0.3 is 5.97 Å². The van der Waals surface area contributed by atoms with Crippen LogP contribution in [0.1, 0.15) is 10.5 Å². The molecule has 3 rings (SSSR count). The molecule has 0 aliphatic heterocycles. The number of carboxylic acids is 1. The van der Waals surface area contributed by atoms with Crippen LogP contribution in [0, 0.1) is 10.1 Å². The van der Waals surface area contributed by atoms with Crippen molar-refractivity contribution in [3.8, 4) is 11.5 Å². The first-order chi connectivity index (χ1) is 13.4. The summed E-state index contributed by atoms with van der Waals surface area (Å²) >= 11 is 0. The van der Waals surface area contributed by atoms with E-state index >= 15 is 0 Å². The Morgan fingerprint density at radius 3 is 2.71 bits per heavy atom. The van der Waals surface area contributed by atoms with E-state index in [1.807, 2.05) is 0 Å². The Kier molecular flexibility index (Phi) is 5.25. The van der Waals surface area contributed by atoms with Gasteiger partial charge in [0.1, 0.15) is 18.0 Å². The Hall–Kier alpha value is -4.28. The largest absolute Gasteiger partial charge is 0.476 e. The first-order valence-electron chi connectivity index (χ1n) is 7.84. The van der Waals surface area contributed by atoms with E-state index in [0.717, 1.165) is 4.68 Å². The molecule has 1 amide bonds. The first kappa shape index (κ1) is 18.5. The number of benzene rings is 1. The van der Waals surface area contributed by atoms with Crippen molar-refractivity contribution in [2.24, 2.45) is 0 Å². The van der Waals surface area contributed by atoms with Crippen LogP contribution in [0.2, 0.25) is 0 Å². The van der Waals surface area contributed by atoms with Gasteiger partial charge in [-0.05, 0) is 18.2 Å². The van der Waals surface area contributed by atoms with Crippen molar-refractivity contribution in [2.45, 2.75) is 6.54 Å². The van der Waals surface area contributed by atoms with E-state index in [-0.39, 0.29) is 29.4 Å². The second-order valence-electron chi connectivity index (χ2n) is 5.52. The van der Waals surface area contributed by atoms with Crippen LogP contribution < -0.4 is 10.1 Å². The lowest BCUT2D eigenvalue weighted by atomic mass is 10.2. The number of hydrogen-bond donors (Lipinski definition) is 2. The van der Waals surface area contributed by atoms with Crippen LogP contribution in [0.3, 0.4) is 0 Å². The zero-order chi connectivity index (χ0) is 20.1. The fourth-order valence-corrected chi connectivity index (χ4v) is 2.27. The minimum atomic E-state index is -1.21. The number of anilines is 1. The molecular weight excluding hydrogens is 370 g/mol. The van der Waals surface area contributed by atoms with Crippen LogP contribution in [-0.4, -0.2) is 36.7 Å². The third kappa shape index (κ3) is 4.66. The summed E-state index contributed by atoms with van der Waals surface area (Å²) in [7, 11) is 0. The molecule has 142 valence electrons. The molecule has 0 unspecified atom stereocenters. The topological polar surface area (TPSA) is 149 Å². The number of nitro benzene ring substituents is 1. The van der Waals surface area contributed by atoms with Crippen molar-refractivity contribution in [1.82, 2.24) is 14.8 Å². The lowest BCUT2D eigenvalue weighted by Gasteiger charge is -2.09. The molecule has 2 heterocycles. The summed E-state index contributed by atoms with van der Waals surface area (Å²) in [6, 6.07) is 8.34. The molecule has 28 heavy (non-hydrogen) atoms. The lowest BCUT2D eigenvalue weighted by Crippen LogP contribution is -2.19. The SMILES string of the molecule is O=C(Cn1ccc(C(=O)O)n1)Nc1cc(Oc2cccnc2)cc([N+](=O)[O-])c1. The van der Waals surface area contributed by atoms with Gasteiger partial charge < -0.3 is 15.2 Å². The smallest absolute Gasteiger partial charge is 0.356 e. The van der Waals surface area contributed by atoms with Gasteiger partial charge in [0.25, 0.3) is 5.69 Å². The normalized spacial score (nSPS) is 10.3. The number of pyridine rings is 1. The molecule has 3 aromatic rings. The second-order valence-corrected chi connectivity index (χ2v) is 5.52. The number of hydrogen-bond acceptors (Lipinski definition) is 7. The molecular formula is C17H13N5O6. The Morgan fingerprint density at radius 1 is 1.25 bits per heavy atom. The molecule has 0 radical (unpaired) electrons. The summed E-state index contributed by atoms with van der Waals surface area (Å²) in [5, 5.41) is 26.2. The van der Waals surface area contributed by atoms with Gasteiger partial charge in [0.05, 0.1) is 22.9 Å². The van der Waals surface area contributed by atoms with Gasteiger partial charge in [-0.3, -0.25) is 24.6 Å². The van der Waals surface area contributed by atoms with Crippen LogP contribution in [-0.2, 0) is 11.3 Å². The maximum Gasteiger partial charge on any atom is 0.356 e. The zero-order valence-electron chi connectivity index (χ0n) is 14.2. The number of non-ortho nitro benzene ring substituents is 1. The molecule has 0 aliphatic carbocycles. The van der Waals surface area contributed by atoms with Crippen molar-refractivity contribution in [3.05, 3.63) is 70.8 Å². The van der Waals surface area contributed by atoms with Crippen molar-refractivity contribution in [1.29, 1.82) is 0 Å². The fraction of sp³-hybridized carbons (Fsp3) is 0.0588. The van der Waals surface area contributed by atoms with Gasteiger partial charge in [-0.25, -0.2) is 4.79 Å². The Bertz CT molecular complexity index is 1030. The molecule has 11 heteroatoms. The summed E-state index contributed by atoms with van der Waals surface area (Å²) in [6.45, 7) is -0.269. The standard InChI is InChI=1S/C17H13N5O6/c23-16(10-21-5-3-15(20-21)17(24)25)19-11-6-12(22(26)27)8-14(7-11)28-13-2-1-4-18-9-13/h1-9H,10H2,(H,19,23)(H,24,25). The van der Waals surface area contributed by atoms with Gasteiger partial charge in [-0.1, -0.05) is 0 Å². The number of nitrogens with one attached hydrogen (secondary N) is 1. The highest BCUT2D eigenvalue weighted by Gasteiger charge is 2.14. The average Bonchev–Trinajstić information content (AvgIpc) is 3.11. The maximum atomic E-state index is 12.2. The molecule has 0 saturated carbocycles. The number of aromatic carboxylic acids is 1.